The number of amides is 1. The Morgan fingerprint density at radius 3 is 2.67 bits per heavy atom. The highest BCUT2D eigenvalue weighted by atomic mass is 35.5. The van der Waals surface area contributed by atoms with Crippen LogP contribution in [-0.4, -0.2) is 18.3 Å². The van der Waals surface area contributed by atoms with Gasteiger partial charge in [-0.2, -0.15) is 0 Å². The standard InChI is InChI=1S/C13H16Cl3NO/c1-2-3-9(8-17-13(18)7-14)11-5-4-10(15)6-12(11)16/h4-6,9H,2-3,7-8H2,1H3,(H,17,18)/t9-/m0/s1. The summed E-state index contributed by atoms with van der Waals surface area (Å²) >= 11 is 17.5. The summed E-state index contributed by atoms with van der Waals surface area (Å²) in [6.45, 7) is 2.64. The van der Waals surface area contributed by atoms with Crippen LogP contribution in [0.4, 0.5) is 0 Å². The number of rotatable bonds is 6. The van der Waals surface area contributed by atoms with Crippen molar-refractivity contribution in [1.29, 1.82) is 0 Å². The molecular formula is C13H16Cl3NO. The quantitative estimate of drug-likeness (QED) is 0.783. The molecule has 0 aliphatic heterocycles. The SMILES string of the molecule is CCC[C@@H](CNC(=O)CCl)c1ccc(Cl)cc1Cl. The van der Waals surface area contributed by atoms with Crippen molar-refractivity contribution in [3.8, 4) is 0 Å². The zero-order valence-electron chi connectivity index (χ0n) is 10.2. The molecule has 1 rings (SSSR count). The van der Waals surface area contributed by atoms with Crippen molar-refractivity contribution in [3.05, 3.63) is 33.8 Å². The highest BCUT2D eigenvalue weighted by molar-refractivity contribution is 6.35. The molecule has 0 aliphatic carbocycles. The Hall–Kier alpha value is -0.440. The number of alkyl halides is 1. The number of benzene rings is 1. The Kier molecular flexibility index (Phi) is 6.83. The average Bonchev–Trinajstić information content (AvgIpc) is 2.34. The van der Waals surface area contributed by atoms with E-state index in [1.165, 1.54) is 0 Å². The molecule has 0 radical (unpaired) electrons. The number of hydrogen-bond donors (Lipinski definition) is 1. The van der Waals surface area contributed by atoms with Crippen molar-refractivity contribution in [3.63, 3.8) is 0 Å². The highest BCUT2D eigenvalue weighted by Gasteiger charge is 2.15. The van der Waals surface area contributed by atoms with E-state index < -0.39 is 0 Å². The number of halogens is 3. The van der Waals surface area contributed by atoms with Gasteiger partial charge < -0.3 is 5.32 Å². The molecule has 0 saturated heterocycles. The van der Waals surface area contributed by atoms with E-state index in [9.17, 15) is 4.79 Å². The van der Waals surface area contributed by atoms with E-state index in [-0.39, 0.29) is 17.7 Å². The van der Waals surface area contributed by atoms with Gasteiger partial charge in [-0.15, -0.1) is 11.6 Å². The Balaban J connectivity index is 2.79. The average molecular weight is 309 g/mol. The van der Waals surface area contributed by atoms with Crippen molar-refractivity contribution >= 4 is 40.7 Å². The zero-order chi connectivity index (χ0) is 13.5. The first-order chi connectivity index (χ1) is 8.58. The molecule has 1 aromatic rings. The van der Waals surface area contributed by atoms with E-state index >= 15 is 0 Å². The van der Waals surface area contributed by atoms with E-state index in [4.69, 9.17) is 34.8 Å². The Morgan fingerprint density at radius 2 is 2.11 bits per heavy atom. The smallest absolute Gasteiger partial charge is 0.234 e. The van der Waals surface area contributed by atoms with Gasteiger partial charge >= 0.3 is 0 Å². The fourth-order valence-corrected chi connectivity index (χ4v) is 2.49. The number of carbonyl (C=O) groups excluding carboxylic acids is 1. The van der Waals surface area contributed by atoms with Crippen LogP contribution in [0.1, 0.15) is 31.2 Å². The first-order valence-corrected chi connectivity index (χ1v) is 7.15. The second-order valence-electron chi connectivity index (χ2n) is 4.09. The van der Waals surface area contributed by atoms with Crippen LogP contribution in [-0.2, 0) is 4.79 Å². The van der Waals surface area contributed by atoms with E-state index in [0.717, 1.165) is 18.4 Å². The molecule has 18 heavy (non-hydrogen) atoms. The Labute approximate surface area is 123 Å². The minimum absolute atomic E-state index is 0.0206. The van der Waals surface area contributed by atoms with Gasteiger partial charge in [0.15, 0.2) is 0 Å². The second-order valence-corrected chi connectivity index (χ2v) is 5.20. The fourth-order valence-electron chi connectivity index (χ4n) is 1.83. The third kappa shape index (κ3) is 4.68. The van der Waals surface area contributed by atoms with E-state index in [1.807, 2.05) is 12.1 Å². The molecule has 0 spiro atoms. The van der Waals surface area contributed by atoms with Gasteiger partial charge in [-0.25, -0.2) is 0 Å². The normalized spacial score (nSPS) is 12.2. The summed E-state index contributed by atoms with van der Waals surface area (Å²) in [4.78, 5) is 11.2. The van der Waals surface area contributed by atoms with Gasteiger partial charge in [0.1, 0.15) is 5.88 Å². The minimum atomic E-state index is -0.164. The number of carbonyl (C=O) groups is 1. The molecular weight excluding hydrogens is 293 g/mol. The molecule has 1 N–H and O–H groups in total. The molecule has 0 aromatic heterocycles. The fraction of sp³-hybridized carbons (Fsp3) is 0.462. The molecule has 0 fully saturated rings. The predicted octanol–water partition coefficient (Wildman–Crippen LogP) is 4.23. The molecule has 1 atom stereocenters. The molecule has 2 nitrogen and oxygen atoms in total. The minimum Gasteiger partial charge on any atom is -0.354 e. The molecule has 100 valence electrons. The van der Waals surface area contributed by atoms with Crippen molar-refractivity contribution in [2.24, 2.45) is 0 Å². The summed E-state index contributed by atoms with van der Waals surface area (Å²) in [6, 6.07) is 5.46. The summed E-state index contributed by atoms with van der Waals surface area (Å²) in [7, 11) is 0. The van der Waals surface area contributed by atoms with Gasteiger partial charge in [0.25, 0.3) is 0 Å². The highest BCUT2D eigenvalue weighted by Crippen LogP contribution is 2.30. The molecule has 1 amide bonds. The maximum Gasteiger partial charge on any atom is 0.234 e. The van der Waals surface area contributed by atoms with Crippen LogP contribution in [0.3, 0.4) is 0 Å². The largest absolute Gasteiger partial charge is 0.354 e. The van der Waals surface area contributed by atoms with E-state index in [2.05, 4.69) is 12.2 Å². The van der Waals surface area contributed by atoms with Gasteiger partial charge in [-0.05, 0) is 24.1 Å². The van der Waals surface area contributed by atoms with Crippen LogP contribution in [0.2, 0.25) is 10.0 Å². The van der Waals surface area contributed by atoms with Gasteiger partial charge in [-0.3, -0.25) is 4.79 Å². The van der Waals surface area contributed by atoms with Crippen LogP contribution in [0, 0.1) is 0 Å². The van der Waals surface area contributed by atoms with Gasteiger partial charge in [0.2, 0.25) is 5.91 Å². The lowest BCUT2D eigenvalue weighted by atomic mass is 9.94. The topological polar surface area (TPSA) is 29.1 Å². The molecule has 0 aliphatic rings. The molecule has 1 aromatic carbocycles. The summed E-state index contributed by atoms with van der Waals surface area (Å²) in [5.74, 6) is 0.00231. The third-order valence-electron chi connectivity index (χ3n) is 2.71. The first-order valence-electron chi connectivity index (χ1n) is 5.86. The van der Waals surface area contributed by atoms with Crippen molar-refractivity contribution in [2.45, 2.75) is 25.7 Å². The first kappa shape index (κ1) is 15.6. The van der Waals surface area contributed by atoms with Crippen LogP contribution in [0.25, 0.3) is 0 Å². The summed E-state index contributed by atoms with van der Waals surface area (Å²) < 4.78 is 0. The predicted molar refractivity (Wildman–Crippen MR) is 77.8 cm³/mol. The monoisotopic (exact) mass is 307 g/mol. The number of nitrogens with one attached hydrogen (secondary N) is 1. The lowest BCUT2D eigenvalue weighted by Crippen LogP contribution is -2.29. The van der Waals surface area contributed by atoms with Gasteiger partial charge in [0, 0.05) is 22.5 Å². The number of hydrogen-bond acceptors (Lipinski definition) is 1. The zero-order valence-corrected chi connectivity index (χ0v) is 12.4. The summed E-state index contributed by atoms with van der Waals surface area (Å²) in [5, 5.41) is 4.05. The summed E-state index contributed by atoms with van der Waals surface area (Å²) in [5.41, 5.74) is 1.01. The third-order valence-corrected chi connectivity index (χ3v) is 3.51. The maximum atomic E-state index is 11.2. The molecule has 0 unspecified atom stereocenters. The van der Waals surface area contributed by atoms with Crippen LogP contribution >= 0.6 is 34.8 Å². The van der Waals surface area contributed by atoms with Crippen LogP contribution in [0.15, 0.2) is 18.2 Å². The Morgan fingerprint density at radius 1 is 1.39 bits per heavy atom. The Bertz CT molecular complexity index is 409. The molecule has 0 heterocycles. The molecule has 0 saturated carbocycles. The summed E-state index contributed by atoms with van der Waals surface area (Å²) in [6.07, 6.45) is 1.96. The molecule has 5 heteroatoms. The van der Waals surface area contributed by atoms with Crippen molar-refractivity contribution in [2.75, 3.05) is 12.4 Å². The van der Waals surface area contributed by atoms with E-state index in [0.29, 0.717) is 16.6 Å². The second kappa shape index (κ2) is 7.88. The van der Waals surface area contributed by atoms with Crippen LogP contribution in [0.5, 0.6) is 0 Å². The van der Waals surface area contributed by atoms with Gasteiger partial charge in [-0.1, -0.05) is 42.6 Å². The van der Waals surface area contributed by atoms with Crippen molar-refractivity contribution in [1.82, 2.24) is 5.32 Å². The van der Waals surface area contributed by atoms with E-state index in [1.54, 1.807) is 6.07 Å². The van der Waals surface area contributed by atoms with Crippen LogP contribution < -0.4 is 5.32 Å². The lowest BCUT2D eigenvalue weighted by molar-refractivity contribution is -0.118. The van der Waals surface area contributed by atoms with Gasteiger partial charge in [0.05, 0.1) is 0 Å². The van der Waals surface area contributed by atoms with Crippen molar-refractivity contribution < 1.29 is 4.79 Å². The maximum absolute atomic E-state index is 11.2. The lowest BCUT2D eigenvalue weighted by Gasteiger charge is -2.18. The molecule has 0 bridgehead atoms.